The monoisotopic (exact) mass is 346 g/mol. The molecule has 0 aliphatic carbocycles. The molecule has 1 N–H and O–H groups in total. The number of nitrogens with zero attached hydrogens (tertiary/aromatic N) is 2. The molecule has 2 unspecified atom stereocenters. The number of carbonyl (C=O) groups is 1. The van der Waals surface area contributed by atoms with Gasteiger partial charge in [0.05, 0.1) is 6.10 Å². The molecule has 0 saturated carbocycles. The van der Waals surface area contributed by atoms with Gasteiger partial charge < -0.3 is 14.7 Å². The molecule has 2 aliphatic rings. The van der Waals surface area contributed by atoms with Crippen molar-refractivity contribution in [3.05, 3.63) is 35.4 Å². The molecular formula is C20H30N2O3. The standard InChI is InChI=1S/C20H30N2O3/c1-20(2,3)25-19(24)21-12-9-17(18(23)10-13-21)22-11-8-15-6-4-5-7-16(15)14-22/h4-7,17-18,23H,8-14H2,1-3H3. The van der Waals surface area contributed by atoms with E-state index < -0.39 is 11.7 Å². The molecule has 1 amide bonds. The highest BCUT2D eigenvalue weighted by molar-refractivity contribution is 5.68. The Hall–Kier alpha value is -1.59. The third-order valence-corrected chi connectivity index (χ3v) is 5.11. The predicted octanol–water partition coefficient (Wildman–Crippen LogP) is 2.81. The van der Waals surface area contributed by atoms with Crippen molar-refractivity contribution in [3.63, 3.8) is 0 Å². The summed E-state index contributed by atoms with van der Waals surface area (Å²) in [4.78, 5) is 16.5. The lowest BCUT2D eigenvalue weighted by molar-refractivity contribution is 0.0251. The minimum Gasteiger partial charge on any atom is -0.444 e. The number of hydrogen-bond donors (Lipinski definition) is 1. The van der Waals surface area contributed by atoms with Crippen LogP contribution >= 0.6 is 0 Å². The lowest BCUT2D eigenvalue weighted by Crippen LogP contribution is -2.46. The largest absolute Gasteiger partial charge is 0.444 e. The Morgan fingerprint density at radius 3 is 2.52 bits per heavy atom. The average molecular weight is 346 g/mol. The first-order chi connectivity index (χ1) is 11.8. The minimum atomic E-state index is -0.488. The van der Waals surface area contributed by atoms with Gasteiger partial charge >= 0.3 is 6.09 Å². The summed E-state index contributed by atoms with van der Waals surface area (Å²) in [5, 5.41) is 10.7. The Kier molecular flexibility index (Phi) is 5.35. The van der Waals surface area contributed by atoms with Gasteiger partial charge in [-0.15, -0.1) is 0 Å². The molecule has 3 rings (SSSR count). The second kappa shape index (κ2) is 7.34. The van der Waals surface area contributed by atoms with E-state index in [1.54, 1.807) is 4.90 Å². The van der Waals surface area contributed by atoms with Crippen molar-refractivity contribution in [2.75, 3.05) is 19.6 Å². The maximum Gasteiger partial charge on any atom is 0.410 e. The van der Waals surface area contributed by atoms with Gasteiger partial charge in [0.15, 0.2) is 0 Å². The van der Waals surface area contributed by atoms with E-state index in [2.05, 4.69) is 29.2 Å². The van der Waals surface area contributed by atoms with Crippen LogP contribution in [0, 0.1) is 0 Å². The second-order valence-corrected chi connectivity index (χ2v) is 8.17. The number of aliphatic hydroxyl groups excluding tert-OH is 1. The molecule has 0 spiro atoms. The Bertz CT molecular complexity index is 611. The van der Waals surface area contributed by atoms with Crippen molar-refractivity contribution in [1.29, 1.82) is 0 Å². The molecule has 25 heavy (non-hydrogen) atoms. The van der Waals surface area contributed by atoms with Crippen LogP contribution in [0.5, 0.6) is 0 Å². The fraction of sp³-hybridized carbons (Fsp3) is 0.650. The van der Waals surface area contributed by atoms with Gasteiger partial charge in [0.25, 0.3) is 0 Å². The number of hydrogen-bond acceptors (Lipinski definition) is 4. The number of amides is 1. The molecule has 5 heteroatoms. The molecule has 0 aromatic heterocycles. The zero-order valence-electron chi connectivity index (χ0n) is 15.6. The molecule has 2 atom stereocenters. The summed E-state index contributed by atoms with van der Waals surface area (Å²) >= 11 is 0. The van der Waals surface area contributed by atoms with Gasteiger partial charge in [-0.05, 0) is 51.2 Å². The Morgan fingerprint density at radius 2 is 1.80 bits per heavy atom. The highest BCUT2D eigenvalue weighted by Crippen LogP contribution is 2.25. The molecule has 1 fully saturated rings. The van der Waals surface area contributed by atoms with Crippen molar-refractivity contribution in [2.24, 2.45) is 0 Å². The second-order valence-electron chi connectivity index (χ2n) is 8.17. The molecule has 2 aliphatic heterocycles. The number of benzene rings is 1. The van der Waals surface area contributed by atoms with Gasteiger partial charge in [-0.3, -0.25) is 4.90 Å². The van der Waals surface area contributed by atoms with Crippen molar-refractivity contribution >= 4 is 6.09 Å². The normalized spacial score (nSPS) is 25.2. The van der Waals surface area contributed by atoms with Crippen LogP contribution in [0.15, 0.2) is 24.3 Å². The molecule has 138 valence electrons. The van der Waals surface area contributed by atoms with Crippen LogP contribution in [0.2, 0.25) is 0 Å². The quantitative estimate of drug-likeness (QED) is 0.850. The average Bonchev–Trinajstić information content (AvgIpc) is 2.75. The topological polar surface area (TPSA) is 53.0 Å². The van der Waals surface area contributed by atoms with E-state index in [4.69, 9.17) is 4.74 Å². The van der Waals surface area contributed by atoms with Gasteiger partial charge in [-0.25, -0.2) is 4.79 Å². The van der Waals surface area contributed by atoms with Crippen molar-refractivity contribution in [1.82, 2.24) is 9.80 Å². The van der Waals surface area contributed by atoms with Crippen molar-refractivity contribution < 1.29 is 14.6 Å². The molecule has 1 aromatic rings. The molecule has 2 heterocycles. The number of likely N-dealkylation sites (tertiary alicyclic amines) is 1. The first-order valence-corrected chi connectivity index (χ1v) is 9.30. The smallest absolute Gasteiger partial charge is 0.410 e. The van der Waals surface area contributed by atoms with Crippen LogP contribution in [-0.2, 0) is 17.7 Å². The summed E-state index contributed by atoms with van der Waals surface area (Å²) in [6, 6.07) is 8.64. The minimum absolute atomic E-state index is 0.0980. The molecule has 5 nitrogen and oxygen atoms in total. The van der Waals surface area contributed by atoms with E-state index in [9.17, 15) is 9.90 Å². The summed E-state index contributed by atoms with van der Waals surface area (Å²) in [7, 11) is 0. The number of fused-ring (bicyclic) bond motifs is 1. The van der Waals surface area contributed by atoms with Crippen molar-refractivity contribution in [2.45, 2.75) is 64.3 Å². The molecule has 0 radical (unpaired) electrons. The van der Waals surface area contributed by atoms with Crippen LogP contribution in [-0.4, -0.2) is 58.4 Å². The number of rotatable bonds is 1. The number of carbonyl (C=O) groups excluding carboxylic acids is 1. The SMILES string of the molecule is CC(C)(C)OC(=O)N1CCC(O)C(N2CCc3ccccc3C2)CC1. The maximum atomic E-state index is 12.3. The van der Waals surface area contributed by atoms with E-state index in [-0.39, 0.29) is 12.1 Å². The van der Waals surface area contributed by atoms with E-state index in [1.807, 2.05) is 20.8 Å². The van der Waals surface area contributed by atoms with Crippen LogP contribution in [0.4, 0.5) is 4.79 Å². The van der Waals surface area contributed by atoms with Gasteiger partial charge in [-0.2, -0.15) is 0 Å². The lowest BCUT2D eigenvalue weighted by Gasteiger charge is -2.37. The van der Waals surface area contributed by atoms with Gasteiger partial charge in [-0.1, -0.05) is 24.3 Å². The fourth-order valence-electron chi connectivity index (χ4n) is 3.81. The highest BCUT2D eigenvalue weighted by atomic mass is 16.6. The molecule has 1 aromatic carbocycles. The zero-order chi connectivity index (χ0) is 18.0. The Balaban J connectivity index is 1.63. The molecule has 1 saturated heterocycles. The summed E-state index contributed by atoms with van der Waals surface area (Å²) < 4.78 is 5.49. The Labute approximate surface area is 150 Å². The van der Waals surface area contributed by atoms with Crippen LogP contribution in [0.3, 0.4) is 0 Å². The summed E-state index contributed by atoms with van der Waals surface area (Å²) in [6.07, 6.45) is 1.72. The summed E-state index contributed by atoms with van der Waals surface area (Å²) in [5.74, 6) is 0. The summed E-state index contributed by atoms with van der Waals surface area (Å²) in [5.41, 5.74) is 2.28. The van der Waals surface area contributed by atoms with Crippen molar-refractivity contribution in [3.8, 4) is 0 Å². The zero-order valence-corrected chi connectivity index (χ0v) is 15.6. The van der Waals surface area contributed by atoms with E-state index >= 15 is 0 Å². The third-order valence-electron chi connectivity index (χ3n) is 5.11. The van der Waals surface area contributed by atoms with Gasteiger partial charge in [0, 0.05) is 32.2 Å². The molecular weight excluding hydrogens is 316 g/mol. The predicted molar refractivity (Wildman–Crippen MR) is 97.4 cm³/mol. The Morgan fingerprint density at radius 1 is 1.12 bits per heavy atom. The third kappa shape index (κ3) is 4.53. The van der Waals surface area contributed by atoms with Crippen LogP contribution in [0.1, 0.15) is 44.7 Å². The first-order valence-electron chi connectivity index (χ1n) is 9.30. The van der Waals surface area contributed by atoms with E-state index in [0.717, 1.165) is 25.9 Å². The highest BCUT2D eigenvalue weighted by Gasteiger charge is 2.33. The van der Waals surface area contributed by atoms with E-state index in [1.165, 1.54) is 11.1 Å². The lowest BCUT2D eigenvalue weighted by atomic mass is 9.96. The maximum absolute atomic E-state index is 12.3. The number of aliphatic hydroxyl groups is 1. The first kappa shape index (κ1) is 18.2. The van der Waals surface area contributed by atoms with Gasteiger partial charge in [0.1, 0.15) is 5.60 Å². The fourth-order valence-corrected chi connectivity index (χ4v) is 3.81. The van der Waals surface area contributed by atoms with E-state index in [0.29, 0.717) is 19.5 Å². The van der Waals surface area contributed by atoms with Gasteiger partial charge in [0.2, 0.25) is 0 Å². The van der Waals surface area contributed by atoms with Crippen LogP contribution < -0.4 is 0 Å². The number of ether oxygens (including phenoxy) is 1. The molecule has 0 bridgehead atoms. The van der Waals surface area contributed by atoms with Crippen LogP contribution in [0.25, 0.3) is 0 Å². The summed E-state index contributed by atoms with van der Waals surface area (Å²) in [6.45, 7) is 8.67.